The number of nitrogens with zero attached hydrogens (tertiary/aromatic N) is 2. The van der Waals surface area contributed by atoms with Gasteiger partial charge in [-0.15, -0.1) is 0 Å². The number of nitrogens with two attached hydrogens (primary N) is 1. The van der Waals surface area contributed by atoms with Crippen molar-refractivity contribution in [3.63, 3.8) is 0 Å². The first-order chi connectivity index (χ1) is 16.2. The number of benzene rings is 1. The summed E-state index contributed by atoms with van der Waals surface area (Å²) in [6.07, 6.45) is -1.03. The third kappa shape index (κ3) is 5.63. The zero-order valence-corrected chi connectivity index (χ0v) is 21.0. The van der Waals surface area contributed by atoms with E-state index in [-0.39, 0.29) is 30.2 Å². The molecule has 10 nitrogen and oxygen atoms in total. The van der Waals surface area contributed by atoms with Crippen molar-refractivity contribution in [2.24, 2.45) is 11.7 Å². The smallest absolute Gasteiger partial charge is 0.414 e. The SMILES string of the molecule is COC(=O)N1c2ccc(C(CN)CNCC3C(C)NOC3C)cc2N(C(=O)OC(C)C)C[C@@H]1C. The molecule has 2 heterocycles. The van der Waals surface area contributed by atoms with E-state index in [1.807, 2.05) is 39.0 Å². The molecule has 0 aromatic heterocycles. The van der Waals surface area contributed by atoms with E-state index in [1.54, 1.807) is 9.80 Å². The van der Waals surface area contributed by atoms with Gasteiger partial charge in [-0.05, 0) is 52.3 Å². The van der Waals surface area contributed by atoms with Gasteiger partial charge >= 0.3 is 12.2 Å². The monoisotopic (exact) mass is 477 g/mol. The molecule has 4 unspecified atom stereocenters. The van der Waals surface area contributed by atoms with E-state index in [2.05, 4.69) is 24.6 Å². The van der Waals surface area contributed by atoms with Gasteiger partial charge in [-0.2, -0.15) is 5.48 Å². The number of methoxy groups -OCH3 is 1. The van der Waals surface area contributed by atoms with Crippen molar-refractivity contribution < 1.29 is 23.9 Å². The lowest BCUT2D eigenvalue weighted by Crippen LogP contribution is -2.52. The van der Waals surface area contributed by atoms with E-state index >= 15 is 0 Å². The summed E-state index contributed by atoms with van der Waals surface area (Å²) in [4.78, 5) is 34.1. The molecule has 3 rings (SSSR count). The molecule has 5 atom stereocenters. The first-order valence-electron chi connectivity index (χ1n) is 12.0. The van der Waals surface area contributed by atoms with E-state index in [0.717, 1.165) is 12.1 Å². The Labute approximate surface area is 202 Å². The molecule has 2 aliphatic heterocycles. The molecule has 1 aromatic carbocycles. The van der Waals surface area contributed by atoms with Crippen LogP contribution >= 0.6 is 0 Å². The zero-order chi connectivity index (χ0) is 25.0. The highest BCUT2D eigenvalue weighted by molar-refractivity contribution is 6.00. The van der Waals surface area contributed by atoms with Crippen LogP contribution in [0.5, 0.6) is 0 Å². The maximum atomic E-state index is 12.9. The Balaban J connectivity index is 1.85. The highest BCUT2D eigenvalue weighted by atomic mass is 16.7. The molecular formula is C24H39N5O5. The van der Waals surface area contributed by atoms with Crippen molar-refractivity contribution in [1.29, 1.82) is 0 Å². The quantitative estimate of drug-likeness (QED) is 0.548. The van der Waals surface area contributed by atoms with Crippen LogP contribution in [-0.2, 0) is 14.3 Å². The van der Waals surface area contributed by atoms with Crippen LogP contribution in [0.1, 0.15) is 46.1 Å². The summed E-state index contributed by atoms with van der Waals surface area (Å²) in [7, 11) is 1.35. The lowest BCUT2D eigenvalue weighted by Gasteiger charge is -2.40. The minimum atomic E-state index is -0.467. The molecule has 0 saturated carbocycles. The molecule has 34 heavy (non-hydrogen) atoms. The minimum Gasteiger partial charge on any atom is -0.452 e. The van der Waals surface area contributed by atoms with Crippen molar-refractivity contribution in [2.45, 2.75) is 64.8 Å². The average Bonchev–Trinajstić information content (AvgIpc) is 3.12. The number of amides is 2. The van der Waals surface area contributed by atoms with Crippen LogP contribution < -0.4 is 26.3 Å². The summed E-state index contributed by atoms with van der Waals surface area (Å²) in [6.45, 7) is 11.9. The Hall–Kier alpha value is -2.40. The van der Waals surface area contributed by atoms with Gasteiger partial charge < -0.3 is 20.5 Å². The van der Waals surface area contributed by atoms with Gasteiger partial charge in [-0.3, -0.25) is 14.6 Å². The van der Waals surface area contributed by atoms with E-state index in [1.165, 1.54) is 7.11 Å². The fourth-order valence-electron chi connectivity index (χ4n) is 4.61. The van der Waals surface area contributed by atoms with Gasteiger partial charge in [0.15, 0.2) is 0 Å². The number of rotatable bonds is 7. The summed E-state index contributed by atoms with van der Waals surface area (Å²) in [5.74, 6) is 0.387. The number of fused-ring (bicyclic) bond motifs is 1. The molecule has 1 saturated heterocycles. The predicted molar refractivity (Wildman–Crippen MR) is 131 cm³/mol. The fourth-order valence-corrected chi connectivity index (χ4v) is 4.61. The molecule has 2 amide bonds. The van der Waals surface area contributed by atoms with Crippen LogP contribution in [0.2, 0.25) is 0 Å². The van der Waals surface area contributed by atoms with Gasteiger partial charge in [0.2, 0.25) is 0 Å². The van der Waals surface area contributed by atoms with E-state index in [4.69, 9.17) is 20.0 Å². The third-order valence-corrected chi connectivity index (χ3v) is 6.58. The number of ether oxygens (including phenoxy) is 2. The van der Waals surface area contributed by atoms with Crippen molar-refractivity contribution >= 4 is 23.6 Å². The van der Waals surface area contributed by atoms with E-state index in [9.17, 15) is 9.59 Å². The number of hydroxylamine groups is 1. The summed E-state index contributed by atoms with van der Waals surface area (Å²) >= 11 is 0. The Kier molecular flexibility index (Phi) is 8.75. The molecule has 10 heteroatoms. The first kappa shape index (κ1) is 26.2. The van der Waals surface area contributed by atoms with Crippen LogP contribution in [0, 0.1) is 5.92 Å². The summed E-state index contributed by atoms with van der Waals surface area (Å²) < 4.78 is 10.5. The molecule has 2 aliphatic rings. The van der Waals surface area contributed by atoms with Gasteiger partial charge in [-0.1, -0.05) is 6.07 Å². The standard InChI is InChI=1S/C24H39N5O5/c1-14(2)33-23(30)28-13-15(3)29(24(31)32-6)21-8-7-18(9-22(21)28)19(10-25)11-26-12-20-16(4)27-34-17(20)5/h7-9,14-17,19-20,26-27H,10-13,25H2,1-6H3/t15-,16?,17?,19?,20?/m0/s1. The Morgan fingerprint density at radius 3 is 2.56 bits per heavy atom. The zero-order valence-electron chi connectivity index (χ0n) is 21.0. The summed E-state index contributed by atoms with van der Waals surface area (Å²) in [6, 6.07) is 5.75. The second-order valence-electron chi connectivity index (χ2n) is 9.46. The molecule has 0 radical (unpaired) electrons. The summed E-state index contributed by atoms with van der Waals surface area (Å²) in [5.41, 5.74) is 11.4. The Morgan fingerprint density at radius 1 is 1.24 bits per heavy atom. The minimum absolute atomic E-state index is 0.0279. The van der Waals surface area contributed by atoms with Crippen LogP contribution in [0.15, 0.2) is 18.2 Å². The van der Waals surface area contributed by atoms with Crippen LogP contribution in [-0.4, -0.2) is 69.8 Å². The lowest BCUT2D eigenvalue weighted by molar-refractivity contribution is 0.0305. The second kappa shape index (κ2) is 11.4. The molecule has 1 fully saturated rings. The normalized spacial score (nSPS) is 25.3. The third-order valence-electron chi connectivity index (χ3n) is 6.58. The van der Waals surface area contributed by atoms with Crippen molar-refractivity contribution in [3.8, 4) is 0 Å². The van der Waals surface area contributed by atoms with E-state index < -0.39 is 12.2 Å². The lowest BCUT2D eigenvalue weighted by atomic mass is 9.94. The Bertz CT molecular complexity index is 856. The maximum absolute atomic E-state index is 12.9. The average molecular weight is 478 g/mol. The Morgan fingerprint density at radius 2 is 1.97 bits per heavy atom. The summed E-state index contributed by atoms with van der Waals surface area (Å²) in [5, 5.41) is 3.53. The van der Waals surface area contributed by atoms with Crippen LogP contribution in [0.3, 0.4) is 0 Å². The second-order valence-corrected chi connectivity index (χ2v) is 9.46. The van der Waals surface area contributed by atoms with Gasteiger partial charge in [-0.25, -0.2) is 9.59 Å². The number of carbonyl (C=O) groups is 2. The number of hydrogen-bond acceptors (Lipinski definition) is 8. The molecule has 0 aliphatic carbocycles. The number of carbonyl (C=O) groups excluding carboxylic acids is 2. The first-order valence-corrected chi connectivity index (χ1v) is 12.0. The highest BCUT2D eigenvalue weighted by Crippen LogP contribution is 2.38. The van der Waals surface area contributed by atoms with Crippen molar-refractivity contribution in [1.82, 2.24) is 10.8 Å². The molecular weight excluding hydrogens is 438 g/mol. The number of nitrogens with one attached hydrogen (secondary N) is 2. The van der Waals surface area contributed by atoms with Crippen molar-refractivity contribution in [3.05, 3.63) is 23.8 Å². The van der Waals surface area contributed by atoms with Crippen LogP contribution in [0.4, 0.5) is 21.0 Å². The molecule has 190 valence electrons. The van der Waals surface area contributed by atoms with Gasteiger partial charge in [0, 0.05) is 37.5 Å². The largest absolute Gasteiger partial charge is 0.452 e. The van der Waals surface area contributed by atoms with Crippen molar-refractivity contribution in [2.75, 3.05) is 43.1 Å². The molecule has 0 spiro atoms. The maximum Gasteiger partial charge on any atom is 0.414 e. The predicted octanol–water partition coefficient (Wildman–Crippen LogP) is 2.57. The van der Waals surface area contributed by atoms with Gasteiger partial charge in [0.1, 0.15) is 0 Å². The number of hydrogen-bond donors (Lipinski definition) is 3. The van der Waals surface area contributed by atoms with Gasteiger partial charge in [0.25, 0.3) is 0 Å². The van der Waals surface area contributed by atoms with E-state index in [0.29, 0.717) is 36.9 Å². The molecule has 4 N–H and O–H groups in total. The highest BCUT2D eigenvalue weighted by Gasteiger charge is 2.37. The molecule has 0 bridgehead atoms. The van der Waals surface area contributed by atoms with Crippen LogP contribution in [0.25, 0.3) is 0 Å². The van der Waals surface area contributed by atoms with Gasteiger partial charge in [0.05, 0.1) is 43.3 Å². The number of anilines is 2. The fraction of sp³-hybridized carbons (Fsp3) is 0.667. The topological polar surface area (TPSA) is 118 Å². The molecule has 1 aromatic rings.